The highest BCUT2D eigenvalue weighted by atomic mass is 19.4. The van der Waals surface area contributed by atoms with Crippen LogP contribution in [-0.2, 0) is 11.0 Å². The van der Waals surface area contributed by atoms with Crippen LogP contribution in [0.3, 0.4) is 0 Å². The standard InChI is InChI=1S/C12H4F14N2O/c13-7(14,9(18,19)10(20,21)11(22,23)12(24,25)26)6(29)28-4-1-2-27-5(3-4)8(15,16)17/h1-3H,(H,27,28,29). The van der Waals surface area contributed by atoms with Crippen molar-refractivity contribution in [3.63, 3.8) is 0 Å². The zero-order valence-electron chi connectivity index (χ0n) is 12.9. The molecule has 0 saturated heterocycles. The molecule has 1 aromatic heterocycles. The zero-order chi connectivity index (χ0) is 23.3. The molecule has 1 rings (SSSR count). The second-order valence-electron chi connectivity index (χ2n) is 5.18. The molecule has 1 N–H and O–H groups in total. The minimum atomic E-state index is -7.82. The van der Waals surface area contributed by atoms with E-state index in [-0.39, 0.29) is 18.3 Å². The highest BCUT2D eigenvalue weighted by Gasteiger charge is 2.88. The normalized spacial score (nSPS) is 14.7. The van der Waals surface area contributed by atoms with Gasteiger partial charge in [0.05, 0.1) is 0 Å². The van der Waals surface area contributed by atoms with E-state index in [2.05, 4.69) is 4.98 Å². The van der Waals surface area contributed by atoms with E-state index in [0.29, 0.717) is 5.32 Å². The number of halogens is 14. The van der Waals surface area contributed by atoms with Crippen LogP contribution in [0.2, 0.25) is 0 Å². The van der Waals surface area contributed by atoms with Crippen molar-refractivity contribution in [1.29, 1.82) is 0 Å². The number of carbonyl (C=O) groups is 1. The van der Waals surface area contributed by atoms with E-state index in [1.165, 1.54) is 0 Å². The van der Waals surface area contributed by atoms with Gasteiger partial charge in [0, 0.05) is 11.9 Å². The second-order valence-corrected chi connectivity index (χ2v) is 5.18. The van der Waals surface area contributed by atoms with Gasteiger partial charge in [-0.1, -0.05) is 0 Å². The fourth-order valence-corrected chi connectivity index (χ4v) is 1.59. The zero-order valence-corrected chi connectivity index (χ0v) is 12.9. The number of nitrogens with one attached hydrogen (secondary N) is 1. The van der Waals surface area contributed by atoms with Crippen LogP contribution in [0.25, 0.3) is 0 Å². The number of aromatic nitrogens is 1. The van der Waals surface area contributed by atoms with E-state index >= 15 is 0 Å². The number of anilines is 1. The van der Waals surface area contributed by atoms with Crippen molar-refractivity contribution >= 4 is 11.6 Å². The smallest absolute Gasteiger partial charge is 0.321 e. The molecule has 166 valence electrons. The quantitative estimate of drug-likeness (QED) is 0.621. The molecule has 29 heavy (non-hydrogen) atoms. The first-order chi connectivity index (χ1) is 12.6. The Hall–Kier alpha value is -2.36. The van der Waals surface area contributed by atoms with Crippen molar-refractivity contribution in [2.24, 2.45) is 0 Å². The lowest BCUT2D eigenvalue weighted by atomic mass is 9.97. The van der Waals surface area contributed by atoms with Gasteiger partial charge < -0.3 is 5.32 Å². The minimum absolute atomic E-state index is 0.209. The highest BCUT2D eigenvalue weighted by molar-refractivity contribution is 5.97. The van der Waals surface area contributed by atoms with E-state index in [0.717, 1.165) is 0 Å². The van der Waals surface area contributed by atoms with Gasteiger partial charge in [0.1, 0.15) is 5.69 Å². The summed E-state index contributed by atoms with van der Waals surface area (Å²) in [4.78, 5) is 13.8. The summed E-state index contributed by atoms with van der Waals surface area (Å²) in [6.45, 7) is 0. The van der Waals surface area contributed by atoms with Crippen LogP contribution >= 0.6 is 0 Å². The van der Waals surface area contributed by atoms with Crippen molar-refractivity contribution < 1.29 is 66.3 Å². The van der Waals surface area contributed by atoms with Crippen molar-refractivity contribution in [2.75, 3.05) is 5.32 Å². The van der Waals surface area contributed by atoms with Crippen LogP contribution in [-0.4, -0.2) is 40.8 Å². The molecule has 1 amide bonds. The van der Waals surface area contributed by atoms with Gasteiger partial charge in [0.15, 0.2) is 0 Å². The monoisotopic (exact) mass is 458 g/mol. The molecule has 0 aliphatic heterocycles. The van der Waals surface area contributed by atoms with Crippen molar-refractivity contribution in [2.45, 2.75) is 36.0 Å². The maximum absolute atomic E-state index is 13.4. The first kappa shape index (κ1) is 24.7. The van der Waals surface area contributed by atoms with Gasteiger partial charge in [-0.05, 0) is 12.1 Å². The molecular formula is C12H4F14N2O. The molecule has 0 unspecified atom stereocenters. The van der Waals surface area contributed by atoms with Crippen LogP contribution in [0.1, 0.15) is 5.69 Å². The molecule has 3 nitrogen and oxygen atoms in total. The van der Waals surface area contributed by atoms with E-state index in [4.69, 9.17) is 0 Å². The maximum atomic E-state index is 13.4. The van der Waals surface area contributed by atoms with E-state index in [1.54, 1.807) is 0 Å². The van der Waals surface area contributed by atoms with Gasteiger partial charge in [0.25, 0.3) is 0 Å². The maximum Gasteiger partial charge on any atom is 0.460 e. The minimum Gasteiger partial charge on any atom is -0.321 e. The Labute approximate surface area is 149 Å². The molecule has 0 aliphatic rings. The van der Waals surface area contributed by atoms with Gasteiger partial charge in [-0.3, -0.25) is 9.78 Å². The average Bonchev–Trinajstić information content (AvgIpc) is 2.52. The summed E-state index contributed by atoms with van der Waals surface area (Å²) < 4.78 is 178. The van der Waals surface area contributed by atoms with Gasteiger partial charge in [0.2, 0.25) is 0 Å². The third kappa shape index (κ3) is 4.03. The van der Waals surface area contributed by atoms with Gasteiger partial charge >= 0.3 is 41.9 Å². The summed E-state index contributed by atoms with van der Waals surface area (Å²) in [5.41, 5.74) is -3.25. The predicted octanol–water partition coefficient (Wildman–Crippen LogP) is 5.14. The van der Waals surface area contributed by atoms with E-state index < -0.39 is 53.3 Å². The molecule has 0 radical (unpaired) electrons. The van der Waals surface area contributed by atoms with Crippen molar-refractivity contribution in [3.8, 4) is 0 Å². The third-order valence-electron chi connectivity index (χ3n) is 3.13. The van der Waals surface area contributed by atoms with Crippen molar-refractivity contribution in [3.05, 3.63) is 24.0 Å². The summed E-state index contributed by atoms with van der Waals surface area (Å²) in [7, 11) is 0. The lowest BCUT2D eigenvalue weighted by Gasteiger charge is -2.36. The SMILES string of the molecule is O=C(Nc1ccnc(C(F)(F)F)c1)C(F)(F)C(F)(F)C(F)(F)C(F)(F)C(F)(F)F. The molecule has 0 bridgehead atoms. The van der Waals surface area contributed by atoms with E-state index in [9.17, 15) is 66.3 Å². The largest absolute Gasteiger partial charge is 0.460 e. The summed E-state index contributed by atoms with van der Waals surface area (Å²) in [5, 5.41) is 0.595. The van der Waals surface area contributed by atoms with Gasteiger partial charge in [-0.15, -0.1) is 0 Å². The topological polar surface area (TPSA) is 42.0 Å². The Morgan fingerprint density at radius 3 is 1.66 bits per heavy atom. The fourth-order valence-electron chi connectivity index (χ4n) is 1.59. The molecule has 1 heterocycles. The molecule has 17 heteroatoms. The fraction of sp³-hybridized carbons (Fsp3) is 0.500. The molecule has 0 aromatic carbocycles. The summed E-state index contributed by atoms with van der Waals surface area (Å²) in [6.07, 6.45) is -12.4. The molecule has 0 atom stereocenters. The van der Waals surface area contributed by atoms with Crippen LogP contribution in [0.4, 0.5) is 67.2 Å². The Balaban J connectivity index is 3.31. The molecule has 1 aromatic rings. The number of nitrogens with zero attached hydrogens (tertiary/aromatic N) is 1. The Morgan fingerprint density at radius 1 is 0.759 bits per heavy atom. The predicted molar refractivity (Wildman–Crippen MR) is 63.7 cm³/mol. The van der Waals surface area contributed by atoms with Crippen LogP contribution < -0.4 is 5.32 Å². The summed E-state index contributed by atoms with van der Waals surface area (Å²) in [6, 6.07) is 0.0540. The molecular weight excluding hydrogens is 454 g/mol. The third-order valence-corrected chi connectivity index (χ3v) is 3.13. The van der Waals surface area contributed by atoms with Gasteiger partial charge in [-0.2, -0.15) is 61.5 Å². The van der Waals surface area contributed by atoms with Crippen LogP contribution in [0.15, 0.2) is 18.3 Å². The molecule has 0 aliphatic carbocycles. The summed E-state index contributed by atoms with van der Waals surface area (Å²) in [5.74, 6) is -33.7. The Morgan fingerprint density at radius 2 is 1.24 bits per heavy atom. The molecule has 0 fully saturated rings. The van der Waals surface area contributed by atoms with Gasteiger partial charge in [-0.25, -0.2) is 0 Å². The molecule has 0 saturated carbocycles. The first-order valence-corrected chi connectivity index (χ1v) is 6.53. The number of pyridine rings is 1. The second kappa shape index (κ2) is 6.86. The van der Waals surface area contributed by atoms with E-state index in [1.807, 2.05) is 0 Å². The Kier molecular flexibility index (Phi) is 5.84. The average molecular weight is 458 g/mol. The lowest BCUT2D eigenvalue weighted by Crippen LogP contribution is -2.68. The number of amides is 1. The van der Waals surface area contributed by atoms with Crippen LogP contribution in [0.5, 0.6) is 0 Å². The molecule has 0 spiro atoms. The highest BCUT2D eigenvalue weighted by Crippen LogP contribution is 2.57. The lowest BCUT2D eigenvalue weighted by molar-refractivity contribution is -0.416. The first-order valence-electron chi connectivity index (χ1n) is 6.53. The number of hydrogen-bond donors (Lipinski definition) is 1. The Bertz CT molecular complexity index is 767. The number of rotatable bonds is 5. The van der Waals surface area contributed by atoms with Crippen LogP contribution in [0, 0.1) is 0 Å². The number of carbonyl (C=O) groups excluding carboxylic acids is 1. The number of alkyl halides is 14. The number of hydrogen-bond acceptors (Lipinski definition) is 2. The van der Waals surface area contributed by atoms with Crippen molar-refractivity contribution in [1.82, 2.24) is 4.98 Å². The summed E-state index contributed by atoms with van der Waals surface area (Å²) >= 11 is 0.